The zero-order valence-electron chi connectivity index (χ0n) is 13.8. The smallest absolute Gasteiger partial charge is 0.233 e. The highest BCUT2D eigenvalue weighted by molar-refractivity contribution is 5.97. The first-order valence-electron chi connectivity index (χ1n) is 8.46. The van der Waals surface area contributed by atoms with E-state index >= 15 is 0 Å². The Morgan fingerprint density at radius 2 is 1.92 bits per heavy atom. The monoisotopic (exact) mass is 321 g/mol. The van der Waals surface area contributed by atoms with Gasteiger partial charge in [0.25, 0.3) is 0 Å². The lowest BCUT2D eigenvalue weighted by atomic mass is 9.87. The normalized spacial score (nSPS) is 29.0. The number of hydrogen-bond donors (Lipinski definition) is 0. The van der Waals surface area contributed by atoms with Crippen molar-refractivity contribution >= 4 is 11.6 Å². The number of rotatable bonds is 0. The summed E-state index contributed by atoms with van der Waals surface area (Å²) in [6, 6.07) is 14.0. The standard InChI is InChI=1S/C20H19NO3/c1-13-8-9-17-18(12-13)23-19-10-5-11-20(19,24-17)21(14(2)22)16-7-4-3-6-15(16)19/h3-4,6-9,12H,5,10-11H2,1-2H3/t19-,20-/m0/s1. The summed E-state index contributed by atoms with van der Waals surface area (Å²) in [5.74, 6) is 1.48. The largest absolute Gasteiger partial charge is 0.472 e. The third kappa shape index (κ3) is 1.42. The van der Waals surface area contributed by atoms with Crippen LogP contribution < -0.4 is 14.4 Å². The van der Waals surface area contributed by atoms with Gasteiger partial charge in [-0.05, 0) is 43.5 Å². The zero-order valence-corrected chi connectivity index (χ0v) is 13.8. The van der Waals surface area contributed by atoms with Gasteiger partial charge in [0.05, 0.1) is 5.69 Å². The van der Waals surface area contributed by atoms with Gasteiger partial charge >= 0.3 is 0 Å². The number of fused-ring (bicyclic) bond motifs is 2. The van der Waals surface area contributed by atoms with Crippen LogP contribution in [0.5, 0.6) is 11.5 Å². The Morgan fingerprint density at radius 1 is 1.08 bits per heavy atom. The average Bonchev–Trinajstić information content (AvgIpc) is 3.02. The Hall–Kier alpha value is -2.49. The Labute approximate surface area is 141 Å². The van der Waals surface area contributed by atoms with Crippen molar-refractivity contribution in [3.63, 3.8) is 0 Å². The molecule has 1 amide bonds. The second kappa shape index (κ2) is 4.32. The molecule has 1 saturated carbocycles. The summed E-state index contributed by atoms with van der Waals surface area (Å²) < 4.78 is 13.2. The van der Waals surface area contributed by atoms with Gasteiger partial charge in [-0.1, -0.05) is 24.3 Å². The Bertz CT molecular complexity index is 877. The van der Waals surface area contributed by atoms with Crippen LogP contribution in [0.25, 0.3) is 0 Å². The van der Waals surface area contributed by atoms with Gasteiger partial charge in [0.15, 0.2) is 17.1 Å². The minimum Gasteiger partial charge on any atom is -0.472 e. The van der Waals surface area contributed by atoms with E-state index < -0.39 is 11.3 Å². The Balaban J connectivity index is 1.81. The van der Waals surface area contributed by atoms with E-state index in [1.807, 2.05) is 48.2 Å². The van der Waals surface area contributed by atoms with Crippen molar-refractivity contribution in [3.8, 4) is 11.5 Å². The van der Waals surface area contributed by atoms with Gasteiger partial charge in [-0.2, -0.15) is 0 Å². The molecule has 1 aliphatic carbocycles. The lowest BCUT2D eigenvalue weighted by Gasteiger charge is -2.48. The van der Waals surface area contributed by atoms with Gasteiger partial charge in [0.2, 0.25) is 11.6 Å². The molecule has 3 aliphatic rings. The molecule has 2 aliphatic heterocycles. The lowest BCUT2D eigenvalue weighted by molar-refractivity contribution is -0.137. The number of anilines is 1. The van der Waals surface area contributed by atoms with E-state index in [1.54, 1.807) is 6.92 Å². The van der Waals surface area contributed by atoms with Crippen LogP contribution in [-0.4, -0.2) is 11.6 Å². The molecule has 122 valence electrons. The molecule has 0 saturated heterocycles. The fourth-order valence-corrected chi connectivity index (χ4v) is 4.75. The van der Waals surface area contributed by atoms with E-state index in [1.165, 1.54) is 0 Å². The highest BCUT2D eigenvalue weighted by Gasteiger charge is 2.71. The molecule has 2 aromatic carbocycles. The van der Waals surface area contributed by atoms with E-state index in [0.717, 1.165) is 47.6 Å². The topological polar surface area (TPSA) is 38.8 Å². The van der Waals surface area contributed by atoms with Gasteiger partial charge in [-0.25, -0.2) is 0 Å². The second-order valence-electron chi connectivity index (χ2n) is 6.99. The maximum Gasteiger partial charge on any atom is 0.233 e. The van der Waals surface area contributed by atoms with Crippen LogP contribution in [0.4, 0.5) is 5.69 Å². The molecule has 2 heterocycles. The number of amides is 1. The molecule has 0 bridgehead atoms. The first-order chi connectivity index (χ1) is 11.6. The van der Waals surface area contributed by atoms with Gasteiger partial charge in [-0.15, -0.1) is 0 Å². The highest BCUT2D eigenvalue weighted by Crippen LogP contribution is 2.64. The number of ether oxygens (including phenoxy) is 2. The first kappa shape index (κ1) is 13.9. The molecule has 2 atom stereocenters. The summed E-state index contributed by atoms with van der Waals surface area (Å²) in [6.07, 6.45) is 2.58. The molecule has 0 N–H and O–H groups in total. The number of aryl methyl sites for hydroxylation is 1. The first-order valence-corrected chi connectivity index (χ1v) is 8.46. The van der Waals surface area contributed by atoms with E-state index in [2.05, 4.69) is 6.07 Å². The van der Waals surface area contributed by atoms with Crippen LogP contribution in [0.15, 0.2) is 42.5 Å². The molecule has 0 spiro atoms. The van der Waals surface area contributed by atoms with Crippen molar-refractivity contribution < 1.29 is 14.3 Å². The summed E-state index contributed by atoms with van der Waals surface area (Å²) in [7, 11) is 0. The van der Waals surface area contributed by atoms with Crippen LogP contribution in [-0.2, 0) is 10.4 Å². The second-order valence-corrected chi connectivity index (χ2v) is 6.99. The maximum absolute atomic E-state index is 12.6. The molecule has 4 nitrogen and oxygen atoms in total. The number of nitrogens with zero attached hydrogens (tertiary/aromatic N) is 1. The molecule has 0 radical (unpaired) electrons. The number of hydrogen-bond acceptors (Lipinski definition) is 3. The van der Waals surface area contributed by atoms with Gasteiger partial charge in [0, 0.05) is 18.9 Å². The Morgan fingerprint density at radius 3 is 2.75 bits per heavy atom. The number of carbonyl (C=O) groups is 1. The fraction of sp³-hybridized carbons (Fsp3) is 0.350. The third-order valence-corrected chi connectivity index (χ3v) is 5.59. The number of para-hydroxylation sites is 1. The predicted molar refractivity (Wildman–Crippen MR) is 90.3 cm³/mol. The number of benzene rings is 2. The fourth-order valence-electron chi connectivity index (χ4n) is 4.75. The quantitative estimate of drug-likeness (QED) is 0.738. The van der Waals surface area contributed by atoms with Gasteiger partial charge < -0.3 is 9.47 Å². The van der Waals surface area contributed by atoms with Crippen LogP contribution in [0, 0.1) is 6.92 Å². The molecular formula is C20H19NO3. The summed E-state index contributed by atoms with van der Waals surface area (Å²) in [5.41, 5.74) is 1.72. The third-order valence-electron chi connectivity index (χ3n) is 5.59. The Kier molecular flexibility index (Phi) is 2.50. The summed E-state index contributed by atoms with van der Waals surface area (Å²) in [4.78, 5) is 14.4. The van der Waals surface area contributed by atoms with Crippen molar-refractivity contribution in [2.45, 2.75) is 44.4 Å². The van der Waals surface area contributed by atoms with E-state index in [-0.39, 0.29) is 5.91 Å². The van der Waals surface area contributed by atoms with Crippen LogP contribution in [0.1, 0.15) is 37.3 Å². The van der Waals surface area contributed by atoms with E-state index in [0.29, 0.717) is 0 Å². The molecule has 0 unspecified atom stereocenters. The highest BCUT2D eigenvalue weighted by atomic mass is 16.6. The van der Waals surface area contributed by atoms with Crippen molar-refractivity contribution in [1.82, 2.24) is 0 Å². The predicted octanol–water partition coefficient (Wildman–Crippen LogP) is 3.91. The summed E-state index contributed by atoms with van der Waals surface area (Å²) in [5, 5.41) is 0. The van der Waals surface area contributed by atoms with Gasteiger partial charge in [-0.3, -0.25) is 9.69 Å². The van der Waals surface area contributed by atoms with Crippen molar-refractivity contribution in [2.75, 3.05) is 4.90 Å². The summed E-state index contributed by atoms with van der Waals surface area (Å²) >= 11 is 0. The molecule has 1 fully saturated rings. The van der Waals surface area contributed by atoms with Crippen molar-refractivity contribution in [2.24, 2.45) is 0 Å². The molecular weight excluding hydrogens is 302 g/mol. The minimum atomic E-state index is -0.773. The van der Waals surface area contributed by atoms with Crippen LogP contribution >= 0.6 is 0 Å². The van der Waals surface area contributed by atoms with Crippen molar-refractivity contribution in [3.05, 3.63) is 53.6 Å². The van der Waals surface area contributed by atoms with E-state index in [9.17, 15) is 4.79 Å². The van der Waals surface area contributed by atoms with Gasteiger partial charge in [0.1, 0.15) is 0 Å². The molecule has 4 heteroatoms. The van der Waals surface area contributed by atoms with Crippen LogP contribution in [0.3, 0.4) is 0 Å². The molecule has 5 rings (SSSR count). The lowest BCUT2D eigenvalue weighted by Crippen LogP contribution is -2.64. The molecule has 2 aromatic rings. The maximum atomic E-state index is 12.6. The van der Waals surface area contributed by atoms with E-state index in [4.69, 9.17) is 9.47 Å². The van der Waals surface area contributed by atoms with Crippen LogP contribution in [0.2, 0.25) is 0 Å². The SMILES string of the molecule is CC(=O)N1c2ccccc2[C@@]23CCC[C@@]12Oc1ccc(C)cc1O3. The minimum absolute atomic E-state index is 0.00890. The summed E-state index contributed by atoms with van der Waals surface area (Å²) in [6.45, 7) is 3.65. The zero-order chi connectivity index (χ0) is 16.5. The average molecular weight is 321 g/mol. The molecule has 0 aromatic heterocycles. The number of carbonyl (C=O) groups excluding carboxylic acids is 1. The molecule has 24 heavy (non-hydrogen) atoms. The van der Waals surface area contributed by atoms with Crippen molar-refractivity contribution in [1.29, 1.82) is 0 Å².